The maximum atomic E-state index is 14.9. The second-order valence-electron chi connectivity index (χ2n) is 9.10. The maximum absolute atomic E-state index is 14.9. The molecule has 218 valence electrons. The average molecular weight is 585 g/mol. The van der Waals surface area contributed by atoms with Crippen LogP contribution in [0.2, 0.25) is 0 Å². The predicted molar refractivity (Wildman–Crippen MR) is 135 cm³/mol. The molecule has 4 rings (SSSR count). The van der Waals surface area contributed by atoms with Gasteiger partial charge in [-0.15, -0.1) is 0 Å². The maximum Gasteiger partial charge on any atom is 0.423 e. The van der Waals surface area contributed by atoms with E-state index in [4.69, 9.17) is 5.73 Å². The van der Waals surface area contributed by atoms with Gasteiger partial charge in [0.15, 0.2) is 5.82 Å². The Bertz CT molecular complexity index is 1700. The number of hydrogen-bond donors (Lipinski definition) is 3. The number of hydrogen-bond acceptors (Lipinski definition) is 7. The lowest BCUT2D eigenvalue weighted by atomic mass is 10.1. The smallest absolute Gasteiger partial charge is 0.383 e. The van der Waals surface area contributed by atoms with Crippen molar-refractivity contribution >= 4 is 22.3 Å². The second-order valence-corrected chi connectivity index (χ2v) is 9.10. The number of pyridine rings is 1. The van der Waals surface area contributed by atoms with Crippen LogP contribution in [0.4, 0.5) is 42.2 Å². The quantitative estimate of drug-likeness (QED) is 0.249. The van der Waals surface area contributed by atoms with Crippen LogP contribution in [0, 0.1) is 5.82 Å². The highest BCUT2D eigenvalue weighted by atomic mass is 19.4. The number of nitrogens with zero attached hydrogens (tertiary/aromatic N) is 4. The van der Waals surface area contributed by atoms with E-state index in [0.717, 1.165) is 12.3 Å². The summed E-state index contributed by atoms with van der Waals surface area (Å²) < 4.78 is 95.1. The average Bonchev–Trinajstić information content (AvgIpc) is 2.88. The number of benzene rings is 1. The summed E-state index contributed by atoms with van der Waals surface area (Å²) >= 11 is 0. The van der Waals surface area contributed by atoms with E-state index in [2.05, 4.69) is 20.4 Å². The molecule has 9 nitrogen and oxygen atoms in total. The lowest BCUT2D eigenvalue weighted by Crippen LogP contribution is -2.28. The zero-order valence-corrected chi connectivity index (χ0v) is 21.2. The van der Waals surface area contributed by atoms with E-state index in [1.54, 1.807) is 12.0 Å². The van der Waals surface area contributed by atoms with Crippen LogP contribution in [0.15, 0.2) is 46.4 Å². The second kappa shape index (κ2) is 11.2. The molecule has 3 heterocycles. The number of aryl methyl sites for hydroxylation is 1. The van der Waals surface area contributed by atoms with Crippen LogP contribution >= 0.6 is 0 Å². The molecule has 1 atom stereocenters. The van der Waals surface area contributed by atoms with E-state index in [1.807, 2.05) is 0 Å². The van der Waals surface area contributed by atoms with Gasteiger partial charge in [0.25, 0.3) is 11.1 Å². The third-order valence-electron chi connectivity index (χ3n) is 6.37. The predicted octanol–water partition coefficient (Wildman–Crippen LogP) is 4.97. The molecule has 0 fully saturated rings. The van der Waals surface area contributed by atoms with Crippen molar-refractivity contribution in [1.82, 2.24) is 24.7 Å². The Morgan fingerprint density at radius 2 is 1.83 bits per heavy atom. The van der Waals surface area contributed by atoms with Crippen LogP contribution in [-0.2, 0) is 18.9 Å². The van der Waals surface area contributed by atoms with E-state index in [0.29, 0.717) is 25.5 Å². The number of halogens is 7. The number of aromatic nitrogens is 5. The van der Waals surface area contributed by atoms with Crippen LogP contribution in [-0.4, -0.2) is 30.8 Å². The van der Waals surface area contributed by atoms with Gasteiger partial charge in [-0.05, 0) is 42.8 Å². The summed E-state index contributed by atoms with van der Waals surface area (Å²) in [6, 6.07) is 3.17. The summed E-state index contributed by atoms with van der Waals surface area (Å²) in [6.07, 6.45) is -5.84. The number of nitrogens with two attached hydrogens (primary N) is 1. The zero-order chi connectivity index (χ0) is 30.1. The molecule has 0 saturated heterocycles. The number of alkyl halides is 6. The topological polar surface area (TPSA) is 132 Å². The molecule has 0 saturated carbocycles. The van der Waals surface area contributed by atoms with Crippen molar-refractivity contribution in [3.63, 3.8) is 0 Å². The highest BCUT2D eigenvalue weighted by Gasteiger charge is 2.38. The van der Waals surface area contributed by atoms with Crippen molar-refractivity contribution in [2.24, 2.45) is 0 Å². The number of nitrogens with one attached hydrogen (secondary N) is 2. The van der Waals surface area contributed by atoms with Crippen LogP contribution in [0.3, 0.4) is 0 Å². The van der Waals surface area contributed by atoms with Gasteiger partial charge in [0.05, 0.1) is 22.8 Å². The van der Waals surface area contributed by atoms with Crippen LogP contribution < -0.4 is 22.2 Å². The summed E-state index contributed by atoms with van der Waals surface area (Å²) in [6.45, 7) is 1.89. The first-order valence-electron chi connectivity index (χ1n) is 12.1. The van der Waals surface area contributed by atoms with E-state index >= 15 is 0 Å². The fourth-order valence-corrected chi connectivity index (χ4v) is 4.29. The Hall–Kier alpha value is -4.50. The molecule has 1 unspecified atom stereocenters. The van der Waals surface area contributed by atoms with Crippen molar-refractivity contribution in [2.75, 3.05) is 11.1 Å². The third kappa shape index (κ3) is 6.30. The molecule has 0 amide bonds. The fourth-order valence-electron chi connectivity index (χ4n) is 4.29. The first-order valence-corrected chi connectivity index (χ1v) is 12.1. The first kappa shape index (κ1) is 29.5. The molecular weight excluding hydrogens is 563 g/mol. The molecule has 41 heavy (non-hydrogen) atoms. The molecule has 3 aromatic heterocycles. The third-order valence-corrected chi connectivity index (χ3v) is 6.37. The van der Waals surface area contributed by atoms with Crippen molar-refractivity contribution < 1.29 is 30.7 Å². The number of rotatable bonds is 8. The van der Waals surface area contributed by atoms with Crippen LogP contribution in [0.1, 0.15) is 37.3 Å². The van der Waals surface area contributed by atoms with E-state index in [1.165, 1.54) is 22.9 Å². The SMILES string of the molecule is CCC(CCCn1ccc2cc(-c3ncc(C(F)(F)F)c(N)n3)c(F)cc2c1=O)Nc1cn[nH]c(=O)c1C(F)(F)F. The molecule has 0 aliphatic rings. The van der Waals surface area contributed by atoms with Gasteiger partial charge in [-0.1, -0.05) is 6.92 Å². The highest BCUT2D eigenvalue weighted by Crippen LogP contribution is 2.34. The minimum Gasteiger partial charge on any atom is -0.383 e. The van der Waals surface area contributed by atoms with Gasteiger partial charge < -0.3 is 15.6 Å². The lowest BCUT2D eigenvalue weighted by Gasteiger charge is -2.20. The summed E-state index contributed by atoms with van der Waals surface area (Å²) in [4.78, 5) is 31.8. The fraction of sp³-hybridized carbons (Fsp3) is 0.320. The van der Waals surface area contributed by atoms with E-state index < -0.39 is 58.0 Å². The van der Waals surface area contributed by atoms with Gasteiger partial charge in [0, 0.05) is 25.0 Å². The monoisotopic (exact) mass is 585 g/mol. The molecular formula is C25H22F7N7O2. The summed E-state index contributed by atoms with van der Waals surface area (Å²) in [5, 5.41) is 8.16. The molecule has 1 aromatic carbocycles. The number of H-pyrrole nitrogens is 1. The summed E-state index contributed by atoms with van der Waals surface area (Å²) in [7, 11) is 0. The molecule has 4 N–H and O–H groups in total. The molecule has 0 radical (unpaired) electrons. The molecule has 0 aliphatic carbocycles. The molecule has 0 aliphatic heterocycles. The number of nitrogen functional groups attached to an aromatic ring is 1. The Balaban J connectivity index is 1.52. The van der Waals surface area contributed by atoms with Crippen LogP contribution in [0.5, 0.6) is 0 Å². The van der Waals surface area contributed by atoms with Crippen molar-refractivity contribution in [2.45, 2.75) is 51.1 Å². The number of fused-ring (bicyclic) bond motifs is 1. The Morgan fingerprint density at radius 1 is 1.10 bits per heavy atom. The number of anilines is 2. The van der Waals surface area contributed by atoms with Crippen LogP contribution in [0.25, 0.3) is 22.2 Å². The van der Waals surface area contributed by atoms with Crippen molar-refractivity contribution in [1.29, 1.82) is 0 Å². The number of aromatic amines is 1. The Labute approximate surface area is 226 Å². The van der Waals surface area contributed by atoms with Gasteiger partial charge in [-0.3, -0.25) is 9.59 Å². The Kier molecular flexibility index (Phi) is 8.03. The van der Waals surface area contributed by atoms with Gasteiger partial charge >= 0.3 is 12.4 Å². The van der Waals surface area contributed by atoms with Crippen molar-refractivity contribution in [3.8, 4) is 11.4 Å². The summed E-state index contributed by atoms with van der Waals surface area (Å²) in [5.74, 6) is -2.21. The molecule has 4 aromatic rings. The van der Waals surface area contributed by atoms with Gasteiger partial charge in [-0.25, -0.2) is 19.5 Å². The van der Waals surface area contributed by atoms with E-state index in [9.17, 15) is 40.3 Å². The molecule has 16 heteroatoms. The van der Waals surface area contributed by atoms with Gasteiger partial charge in [-0.2, -0.15) is 31.4 Å². The Morgan fingerprint density at radius 3 is 2.46 bits per heavy atom. The first-order chi connectivity index (χ1) is 19.2. The minimum absolute atomic E-state index is 0.0109. The van der Waals surface area contributed by atoms with Gasteiger partial charge in [0.2, 0.25) is 0 Å². The van der Waals surface area contributed by atoms with Crippen molar-refractivity contribution in [3.05, 3.63) is 74.4 Å². The molecule has 0 spiro atoms. The molecule has 0 bridgehead atoms. The zero-order valence-electron chi connectivity index (χ0n) is 21.2. The van der Waals surface area contributed by atoms with E-state index in [-0.39, 0.29) is 28.7 Å². The lowest BCUT2D eigenvalue weighted by molar-refractivity contribution is -0.138. The van der Waals surface area contributed by atoms with Gasteiger partial charge in [0.1, 0.15) is 22.8 Å². The standard InChI is InChI=1S/C25H22F7N7O2/c1-2-13(36-18-11-35-38-22(40)19(18)25(30,31)32)4-3-6-39-7-5-12-8-15(17(26)9-14(12)23(39)41)21-34-10-16(20(33)37-21)24(27,28)29/h5,7-11,13H,2-4,6H2,1H3,(H2,33,34,37)(H2,36,38,40). The minimum atomic E-state index is -4.89. The largest absolute Gasteiger partial charge is 0.423 e. The highest BCUT2D eigenvalue weighted by molar-refractivity contribution is 5.86. The summed E-state index contributed by atoms with van der Waals surface area (Å²) in [5.41, 5.74) is 0.101. The normalized spacial score (nSPS) is 13.0.